The topological polar surface area (TPSA) is 67.4 Å². The van der Waals surface area contributed by atoms with Crippen molar-refractivity contribution >= 4 is 33.4 Å². The number of nitrogens with one attached hydrogen (secondary N) is 2. The maximum atomic E-state index is 11.7. The number of hydrogen-bond acceptors (Lipinski definition) is 3. The fourth-order valence-corrected chi connectivity index (χ4v) is 2.09. The van der Waals surface area contributed by atoms with Gasteiger partial charge in [0.1, 0.15) is 6.42 Å². The van der Waals surface area contributed by atoms with E-state index in [-0.39, 0.29) is 18.2 Å². The largest absolute Gasteiger partial charge is 0.385 e. The number of benzene rings is 1. The molecule has 1 rings (SSSR count). The smallest absolute Gasteiger partial charge is 0.233 e. The highest BCUT2D eigenvalue weighted by Crippen LogP contribution is 2.20. The molecule has 1 aromatic rings. The maximum Gasteiger partial charge on any atom is 0.233 e. The Morgan fingerprint density at radius 3 is 2.70 bits per heavy atom. The monoisotopic (exact) mass is 342 g/mol. The Morgan fingerprint density at radius 2 is 2.05 bits per heavy atom. The number of amides is 2. The Bertz CT molecular complexity index is 477. The number of anilines is 1. The summed E-state index contributed by atoms with van der Waals surface area (Å²) in [7, 11) is 1.61. The highest BCUT2D eigenvalue weighted by Gasteiger charge is 2.10. The van der Waals surface area contributed by atoms with Crippen LogP contribution >= 0.6 is 15.9 Å². The van der Waals surface area contributed by atoms with Crippen LogP contribution in [0.2, 0.25) is 0 Å². The van der Waals surface area contributed by atoms with E-state index < -0.39 is 0 Å². The first-order valence-corrected chi connectivity index (χ1v) is 7.14. The minimum absolute atomic E-state index is 0.178. The number of carbonyl (C=O) groups excluding carboxylic acids is 2. The molecule has 0 fully saturated rings. The molecule has 0 saturated carbocycles. The van der Waals surface area contributed by atoms with Gasteiger partial charge in [0.15, 0.2) is 0 Å². The van der Waals surface area contributed by atoms with E-state index in [1.54, 1.807) is 13.2 Å². The van der Waals surface area contributed by atoms with Gasteiger partial charge < -0.3 is 15.4 Å². The predicted molar refractivity (Wildman–Crippen MR) is 81.6 cm³/mol. The molecule has 110 valence electrons. The van der Waals surface area contributed by atoms with Crippen LogP contribution in [0.3, 0.4) is 0 Å². The highest BCUT2D eigenvalue weighted by molar-refractivity contribution is 9.10. The molecule has 2 N–H and O–H groups in total. The second kappa shape index (κ2) is 8.71. The van der Waals surface area contributed by atoms with Gasteiger partial charge in [-0.1, -0.05) is 15.9 Å². The summed E-state index contributed by atoms with van der Waals surface area (Å²) in [4.78, 5) is 23.3. The number of ether oxygens (including phenoxy) is 1. The lowest BCUT2D eigenvalue weighted by molar-refractivity contribution is -0.126. The quantitative estimate of drug-likeness (QED) is 0.589. The van der Waals surface area contributed by atoms with Gasteiger partial charge in [-0.15, -0.1) is 0 Å². The number of methoxy groups -OCH3 is 1. The van der Waals surface area contributed by atoms with Gasteiger partial charge >= 0.3 is 0 Å². The molecule has 2 amide bonds. The van der Waals surface area contributed by atoms with Gasteiger partial charge in [0.25, 0.3) is 0 Å². The van der Waals surface area contributed by atoms with Crippen molar-refractivity contribution in [1.82, 2.24) is 5.32 Å². The average Bonchev–Trinajstić information content (AvgIpc) is 2.38. The predicted octanol–water partition coefficient (Wildman–Crippen LogP) is 2.24. The van der Waals surface area contributed by atoms with Gasteiger partial charge in [-0.25, -0.2) is 0 Å². The van der Waals surface area contributed by atoms with Gasteiger partial charge in [-0.05, 0) is 37.1 Å². The summed E-state index contributed by atoms with van der Waals surface area (Å²) < 4.78 is 5.82. The van der Waals surface area contributed by atoms with Gasteiger partial charge in [-0.3, -0.25) is 9.59 Å². The van der Waals surface area contributed by atoms with Crippen LogP contribution in [-0.4, -0.2) is 32.1 Å². The minimum Gasteiger partial charge on any atom is -0.385 e. The van der Waals surface area contributed by atoms with Crippen molar-refractivity contribution in [2.75, 3.05) is 25.6 Å². The molecule has 0 radical (unpaired) electrons. The van der Waals surface area contributed by atoms with Crippen molar-refractivity contribution in [3.05, 3.63) is 28.2 Å². The van der Waals surface area contributed by atoms with Crippen LogP contribution < -0.4 is 10.6 Å². The van der Waals surface area contributed by atoms with Gasteiger partial charge in [0.2, 0.25) is 11.8 Å². The Morgan fingerprint density at radius 1 is 1.30 bits per heavy atom. The molecule has 0 aliphatic heterocycles. The van der Waals surface area contributed by atoms with Crippen LogP contribution in [0.4, 0.5) is 5.69 Å². The van der Waals surface area contributed by atoms with Gasteiger partial charge in [0, 0.05) is 30.4 Å². The van der Waals surface area contributed by atoms with E-state index in [9.17, 15) is 9.59 Å². The summed E-state index contributed by atoms with van der Waals surface area (Å²) >= 11 is 3.36. The molecule has 0 heterocycles. The van der Waals surface area contributed by atoms with Crippen LogP contribution in [0, 0.1) is 6.92 Å². The molecule has 5 nitrogen and oxygen atoms in total. The zero-order valence-corrected chi connectivity index (χ0v) is 13.2. The Labute approximate surface area is 127 Å². The standard InChI is InChI=1S/C14H19BrN2O3/c1-10-8-11(15)4-5-12(10)17-14(19)9-13(18)16-6-3-7-20-2/h4-5,8H,3,6-7,9H2,1-2H3,(H,16,18)(H,17,19). The number of halogens is 1. The Balaban J connectivity index is 2.37. The molecular weight excluding hydrogens is 324 g/mol. The van der Waals surface area contributed by atoms with E-state index in [1.807, 2.05) is 19.1 Å². The zero-order chi connectivity index (χ0) is 15.0. The molecule has 20 heavy (non-hydrogen) atoms. The molecule has 1 aromatic carbocycles. The van der Waals surface area contributed by atoms with Gasteiger partial charge in [-0.2, -0.15) is 0 Å². The van der Waals surface area contributed by atoms with Crippen molar-refractivity contribution in [2.45, 2.75) is 19.8 Å². The van der Waals surface area contributed by atoms with Crippen LogP contribution in [0.15, 0.2) is 22.7 Å². The molecular formula is C14H19BrN2O3. The molecule has 0 aliphatic carbocycles. The number of rotatable bonds is 7. The van der Waals surface area contributed by atoms with Crippen LogP contribution in [0.1, 0.15) is 18.4 Å². The molecule has 0 saturated heterocycles. The van der Waals surface area contributed by atoms with E-state index in [0.29, 0.717) is 18.8 Å². The first kappa shape index (κ1) is 16.7. The third-order valence-electron chi connectivity index (χ3n) is 2.63. The molecule has 0 aromatic heterocycles. The average molecular weight is 343 g/mol. The van der Waals surface area contributed by atoms with Crippen LogP contribution in [0.25, 0.3) is 0 Å². The fraction of sp³-hybridized carbons (Fsp3) is 0.429. The number of hydrogen-bond donors (Lipinski definition) is 2. The Kier molecular flexibility index (Phi) is 7.25. The van der Waals surface area contributed by atoms with Crippen molar-refractivity contribution in [3.8, 4) is 0 Å². The summed E-state index contributed by atoms with van der Waals surface area (Å²) in [5.74, 6) is -0.604. The summed E-state index contributed by atoms with van der Waals surface area (Å²) in [5.41, 5.74) is 1.65. The maximum absolute atomic E-state index is 11.7. The molecule has 0 unspecified atom stereocenters. The summed E-state index contributed by atoms with van der Waals surface area (Å²) in [5, 5.41) is 5.40. The zero-order valence-electron chi connectivity index (χ0n) is 11.7. The van der Waals surface area contributed by atoms with E-state index in [4.69, 9.17) is 4.74 Å². The minimum atomic E-state index is -0.320. The summed E-state index contributed by atoms with van der Waals surface area (Å²) in [6.45, 7) is 2.99. The third-order valence-corrected chi connectivity index (χ3v) is 3.12. The van der Waals surface area contributed by atoms with E-state index in [0.717, 1.165) is 16.5 Å². The molecule has 0 spiro atoms. The van der Waals surface area contributed by atoms with Crippen molar-refractivity contribution < 1.29 is 14.3 Å². The lowest BCUT2D eigenvalue weighted by Crippen LogP contribution is -2.29. The lowest BCUT2D eigenvalue weighted by Gasteiger charge is -2.09. The third kappa shape index (κ3) is 6.16. The number of aryl methyl sites for hydroxylation is 1. The SMILES string of the molecule is COCCCNC(=O)CC(=O)Nc1ccc(Br)cc1C. The van der Waals surface area contributed by atoms with Crippen molar-refractivity contribution in [1.29, 1.82) is 0 Å². The van der Waals surface area contributed by atoms with Crippen molar-refractivity contribution in [3.63, 3.8) is 0 Å². The van der Waals surface area contributed by atoms with Gasteiger partial charge in [0.05, 0.1) is 0 Å². The molecule has 0 bridgehead atoms. The molecule has 0 aliphatic rings. The summed E-state index contributed by atoms with van der Waals surface area (Å²) in [6.07, 6.45) is 0.554. The van der Waals surface area contributed by atoms with Crippen molar-refractivity contribution in [2.24, 2.45) is 0 Å². The lowest BCUT2D eigenvalue weighted by atomic mass is 10.2. The molecule has 6 heteroatoms. The summed E-state index contributed by atoms with van der Waals surface area (Å²) in [6, 6.07) is 5.54. The van der Waals surface area contributed by atoms with E-state index >= 15 is 0 Å². The highest BCUT2D eigenvalue weighted by atomic mass is 79.9. The fourth-order valence-electron chi connectivity index (χ4n) is 1.61. The number of carbonyl (C=O) groups is 2. The second-order valence-electron chi connectivity index (χ2n) is 4.38. The second-order valence-corrected chi connectivity index (χ2v) is 5.30. The van der Waals surface area contributed by atoms with E-state index in [2.05, 4.69) is 26.6 Å². The van der Waals surface area contributed by atoms with Crippen LogP contribution in [0.5, 0.6) is 0 Å². The normalized spacial score (nSPS) is 10.2. The molecule has 0 atom stereocenters. The van der Waals surface area contributed by atoms with E-state index in [1.165, 1.54) is 0 Å². The first-order chi connectivity index (χ1) is 9.52. The Hall–Kier alpha value is -1.40. The first-order valence-electron chi connectivity index (χ1n) is 6.34. The van der Waals surface area contributed by atoms with Crippen LogP contribution in [-0.2, 0) is 14.3 Å².